The third-order valence-corrected chi connectivity index (χ3v) is 3.72. The van der Waals surface area contributed by atoms with Crippen molar-refractivity contribution in [2.24, 2.45) is 0 Å². The number of aromatic nitrogens is 1. The fourth-order valence-corrected chi connectivity index (χ4v) is 2.55. The first kappa shape index (κ1) is 16.6. The number of nitrogens with zero attached hydrogens (tertiary/aromatic N) is 2. The van der Waals surface area contributed by atoms with E-state index in [0.717, 1.165) is 5.69 Å². The molecule has 0 unspecified atom stereocenters. The molecule has 0 aliphatic heterocycles. The Kier molecular flexibility index (Phi) is 5.04. The average molecular weight is 335 g/mol. The minimum Gasteiger partial charge on any atom is -0.355 e. The Morgan fingerprint density at radius 2 is 1.80 bits per heavy atom. The number of rotatable bonds is 5. The number of halogens is 1. The standard InChI is InChI=1S/C20H18FN3O/c1-2-24(18-9-4-3-5-10-18)20(25)19-14-17(11-12-22-19)23-16-8-6-7-15(21)13-16/h3-14H,2H2,1H3,(H,22,23). The van der Waals surface area contributed by atoms with Gasteiger partial charge in [-0.1, -0.05) is 24.3 Å². The van der Waals surface area contributed by atoms with Crippen molar-refractivity contribution in [3.05, 3.63) is 84.4 Å². The maximum Gasteiger partial charge on any atom is 0.276 e. The Labute approximate surface area is 145 Å². The van der Waals surface area contributed by atoms with E-state index in [1.807, 2.05) is 37.3 Å². The molecule has 25 heavy (non-hydrogen) atoms. The molecular formula is C20H18FN3O. The predicted octanol–water partition coefficient (Wildman–Crippen LogP) is 4.63. The summed E-state index contributed by atoms with van der Waals surface area (Å²) in [7, 11) is 0. The maximum absolute atomic E-state index is 13.3. The van der Waals surface area contributed by atoms with Crippen LogP contribution in [-0.2, 0) is 0 Å². The molecule has 0 spiro atoms. The van der Waals surface area contributed by atoms with Crippen molar-refractivity contribution in [1.82, 2.24) is 4.98 Å². The number of para-hydroxylation sites is 1. The molecule has 1 N–H and O–H groups in total. The highest BCUT2D eigenvalue weighted by molar-refractivity contribution is 6.05. The van der Waals surface area contributed by atoms with Crippen LogP contribution in [0.25, 0.3) is 0 Å². The molecule has 0 fully saturated rings. The third-order valence-electron chi connectivity index (χ3n) is 3.72. The van der Waals surface area contributed by atoms with E-state index in [-0.39, 0.29) is 11.7 Å². The number of amides is 1. The fourth-order valence-electron chi connectivity index (χ4n) is 2.55. The summed E-state index contributed by atoms with van der Waals surface area (Å²) in [6.07, 6.45) is 1.56. The first-order chi connectivity index (χ1) is 12.2. The van der Waals surface area contributed by atoms with Gasteiger partial charge in [0, 0.05) is 29.8 Å². The minimum atomic E-state index is -0.323. The number of benzene rings is 2. The molecule has 0 aliphatic carbocycles. The summed E-state index contributed by atoms with van der Waals surface area (Å²) >= 11 is 0. The topological polar surface area (TPSA) is 45.2 Å². The molecule has 1 amide bonds. The van der Waals surface area contributed by atoms with Gasteiger partial charge in [-0.3, -0.25) is 9.78 Å². The minimum absolute atomic E-state index is 0.184. The van der Waals surface area contributed by atoms with Crippen molar-refractivity contribution in [2.45, 2.75) is 6.92 Å². The van der Waals surface area contributed by atoms with E-state index in [4.69, 9.17) is 0 Å². The van der Waals surface area contributed by atoms with E-state index < -0.39 is 0 Å². The summed E-state index contributed by atoms with van der Waals surface area (Å²) in [6, 6.07) is 19.0. The fraction of sp³-hybridized carbons (Fsp3) is 0.100. The zero-order valence-corrected chi connectivity index (χ0v) is 13.8. The Bertz CT molecular complexity index is 868. The molecule has 0 saturated carbocycles. The van der Waals surface area contributed by atoms with Crippen molar-refractivity contribution in [3.63, 3.8) is 0 Å². The van der Waals surface area contributed by atoms with E-state index in [2.05, 4.69) is 10.3 Å². The van der Waals surface area contributed by atoms with Gasteiger partial charge in [-0.25, -0.2) is 4.39 Å². The molecule has 3 aromatic rings. The monoisotopic (exact) mass is 335 g/mol. The SMILES string of the molecule is CCN(C(=O)c1cc(Nc2cccc(F)c2)ccn1)c1ccccc1. The van der Waals surface area contributed by atoms with Crippen molar-refractivity contribution in [1.29, 1.82) is 0 Å². The normalized spacial score (nSPS) is 10.3. The summed E-state index contributed by atoms with van der Waals surface area (Å²) in [5, 5.41) is 3.09. The predicted molar refractivity (Wildman–Crippen MR) is 97.7 cm³/mol. The molecule has 2 aromatic carbocycles. The van der Waals surface area contributed by atoms with E-state index in [1.165, 1.54) is 12.1 Å². The van der Waals surface area contributed by atoms with Crippen LogP contribution in [0.2, 0.25) is 0 Å². The molecule has 0 saturated heterocycles. The molecule has 0 atom stereocenters. The molecule has 1 heterocycles. The van der Waals surface area contributed by atoms with Gasteiger partial charge in [-0.05, 0) is 49.4 Å². The quantitative estimate of drug-likeness (QED) is 0.739. The summed E-state index contributed by atoms with van der Waals surface area (Å²) in [4.78, 5) is 18.7. The van der Waals surface area contributed by atoms with Crippen LogP contribution in [0.4, 0.5) is 21.5 Å². The number of hydrogen-bond donors (Lipinski definition) is 1. The molecule has 3 rings (SSSR count). The highest BCUT2D eigenvalue weighted by Crippen LogP contribution is 2.20. The Morgan fingerprint density at radius 3 is 2.52 bits per heavy atom. The highest BCUT2D eigenvalue weighted by atomic mass is 19.1. The summed E-state index contributed by atoms with van der Waals surface area (Å²) in [6.45, 7) is 2.45. The van der Waals surface area contributed by atoms with Crippen molar-refractivity contribution < 1.29 is 9.18 Å². The van der Waals surface area contributed by atoms with Crippen LogP contribution in [-0.4, -0.2) is 17.4 Å². The number of carbonyl (C=O) groups excluding carboxylic acids is 1. The molecular weight excluding hydrogens is 317 g/mol. The van der Waals surface area contributed by atoms with Crippen LogP contribution in [0.5, 0.6) is 0 Å². The van der Waals surface area contributed by atoms with Crippen LogP contribution >= 0.6 is 0 Å². The summed E-state index contributed by atoms with van der Waals surface area (Å²) < 4.78 is 13.3. The lowest BCUT2D eigenvalue weighted by molar-refractivity contribution is 0.0983. The van der Waals surface area contributed by atoms with E-state index >= 15 is 0 Å². The summed E-state index contributed by atoms with van der Waals surface area (Å²) in [5.74, 6) is -0.506. The Balaban J connectivity index is 1.84. The first-order valence-electron chi connectivity index (χ1n) is 8.03. The Morgan fingerprint density at radius 1 is 1.04 bits per heavy atom. The zero-order valence-electron chi connectivity index (χ0n) is 13.8. The van der Waals surface area contributed by atoms with E-state index in [0.29, 0.717) is 23.6 Å². The van der Waals surface area contributed by atoms with Crippen LogP contribution < -0.4 is 10.2 Å². The van der Waals surface area contributed by atoms with Crippen LogP contribution in [0.15, 0.2) is 72.9 Å². The smallest absolute Gasteiger partial charge is 0.276 e. The number of nitrogens with one attached hydrogen (secondary N) is 1. The van der Waals surface area contributed by atoms with Crippen molar-refractivity contribution in [2.75, 3.05) is 16.8 Å². The molecule has 126 valence electrons. The molecule has 0 radical (unpaired) electrons. The second-order valence-corrected chi connectivity index (χ2v) is 5.45. The largest absolute Gasteiger partial charge is 0.355 e. The van der Waals surface area contributed by atoms with Crippen molar-refractivity contribution in [3.8, 4) is 0 Å². The molecule has 0 aliphatic rings. The van der Waals surface area contributed by atoms with E-state index in [1.54, 1.807) is 35.4 Å². The third kappa shape index (κ3) is 4.01. The maximum atomic E-state index is 13.3. The number of hydrogen-bond acceptors (Lipinski definition) is 3. The van der Waals surface area contributed by atoms with Gasteiger partial charge in [0.05, 0.1) is 0 Å². The number of carbonyl (C=O) groups is 1. The first-order valence-corrected chi connectivity index (χ1v) is 8.03. The number of pyridine rings is 1. The second kappa shape index (κ2) is 7.57. The van der Waals surface area contributed by atoms with Gasteiger partial charge in [-0.15, -0.1) is 0 Å². The highest BCUT2D eigenvalue weighted by Gasteiger charge is 2.17. The van der Waals surface area contributed by atoms with Gasteiger partial charge >= 0.3 is 0 Å². The second-order valence-electron chi connectivity index (χ2n) is 5.45. The van der Waals surface area contributed by atoms with Gasteiger partial charge < -0.3 is 10.2 Å². The molecule has 0 bridgehead atoms. The van der Waals surface area contributed by atoms with Gasteiger partial charge in [0.15, 0.2) is 0 Å². The zero-order chi connectivity index (χ0) is 17.6. The lowest BCUT2D eigenvalue weighted by atomic mass is 10.2. The van der Waals surface area contributed by atoms with E-state index in [9.17, 15) is 9.18 Å². The molecule has 1 aromatic heterocycles. The summed E-state index contributed by atoms with van der Waals surface area (Å²) in [5.41, 5.74) is 2.43. The lowest BCUT2D eigenvalue weighted by Gasteiger charge is -2.20. The van der Waals surface area contributed by atoms with Gasteiger partial charge in [-0.2, -0.15) is 0 Å². The van der Waals surface area contributed by atoms with Crippen LogP contribution in [0.3, 0.4) is 0 Å². The van der Waals surface area contributed by atoms with Gasteiger partial charge in [0.1, 0.15) is 11.5 Å². The molecule has 5 heteroatoms. The van der Waals surface area contributed by atoms with Gasteiger partial charge in [0.2, 0.25) is 0 Å². The lowest BCUT2D eigenvalue weighted by Crippen LogP contribution is -2.31. The Hall–Kier alpha value is -3.21. The van der Waals surface area contributed by atoms with Crippen molar-refractivity contribution >= 4 is 23.0 Å². The van der Waals surface area contributed by atoms with Crippen LogP contribution in [0.1, 0.15) is 17.4 Å². The number of anilines is 3. The van der Waals surface area contributed by atoms with Gasteiger partial charge in [0.25, 0.3) is 5.91 Å². The van der Waals surface area contributed by atoms with Crippen LogP contribution in [0, 0.1) is 5.82 Å². The molecule has 4 nitrogen and oxygen atoms in total. The average Bonchev–Trinajstić information content (AvgIpc) is 2.63.